The third-order valence-electron chi connectivity index (χ3n) is 2.78. The van der Waals surface area contributed by atoms with E-state index in [4.69, 9.17) is 23.2 Å². The van der Waals surface area contributed by atoms with Crippen LogP contribution >= 0.6 is 39.1 Å². The van der Waals surface area contributed by atoms with Crippen molar-refractivity contribution in [2.45, 2.75) is 26.0 Å². The van der Waals surface area contributed by atoms with Crippen LogP contribution in [0, 0.1) is 0 Å². The lowest BCUT2D eigenvalue weighted by molar-refractivity contribution is 0.207. The first-order valence-corrected chi connectivity index (χ1v) is 7.43. The van der Waals surface area contributed by atoms with Gasteiger partial charge in [0.05, 0.1) is 16.9 Å². The summed E-state index contributed by atoms with van der Waals surface area (Å²) in [6.07, 6.45) is 1.57. The number of nitrogens with zero attached hydrogens (tertiary/aromatic N) is 2. The van der Waals surface area contributed by atoms with E-state index in [-0.39, 0.29) is 0 Å². The Morgan fingerprint density at radius 1 is 1.37 bits per heavy atom. The summed E-state index contributed by atoms with van der Waals surface area (Å²) in [4.78, 5) is 0. The Bertz CT molecular complexity index is 586. The molecule has 0 saturated heterocycles. The predicted octanol–water partition coefficient (Wildman–Crippen LogP) is 4.44. The van der Waals surface area contributed by atoms with Gasteiger partial charge in [-0.3, -0.25) is 4.68 Å². The first kappa shape index (κ1) is 14.9. The summed E-state index contributed by atoms with van der Waals surface area (Å²) in [5.41, 5.74) is 1.19. The van der Waals surface area contributed by atoms with Crippen LogP contribution in [0.1, 0.15) is 30.7 Å². The molecule has 0 radical (unpaired) electrons. The van der Waals surface area contributed by atoms with Crippen molar-refractivity contribution < 1.29 is 5.11 Å². The van der Waals surface area contributed by atoms with Crippen LogP contribution < -0.4 is 0 Å². The van der Waals surface area contributed by atoms with Gasteiger partial charge in [0.1, 0.15) is 6.10 Å². The lowest BCUT2D eigenvalue weighted by atomic mass is 10.1. The van der Waals surface area contributed by atoms with Crippen molar-refractivity contribution in [2.24, 2.45) is 0 Å². The first-order valence-electron chi connectivity index (χ1n) is 5.88. The van der Waals surface area contributed by atoms with Crippen LogP contribution in [0.25, 0.3) is 0 Å². The van der Waals surface area contributed by atoms with Crippen molar-refractivity contribution in [1.29, 1.82) is 0 Å². The average Bonchev–Trinajstić information content (AvgIpc) is 2.70. The fourth-order valence-corrected chi connectivity index (χ4v) is 2.93. The second-order valence-corrected chi connectivity index (χ2v) is 5.90. The maximum atomic E-state index is 10.5. The van der Waals surface area contributed by atoms with E-state index in [0.717, 1.165) is 10.9 Å². The highest BCUT2D eigenvalue weighted by atomic mass is 79.9. The molecule has 6 heteroatoms. The summed E-state index contributed by atoms with van der Waals surface area (Å²) >= 11 is 15.6. The molecule has 2 rings (SSSR count). The van der Waals surface area contributed by atoms with Crippen molar-refractivity contribution >= 4 is 39.1 Å². The zero-order chi connectivity index (χ0) is 14.0. The molecule has 1 atom stereocenters. The molecule has 0 aliphatic heterocycles. The molecule has 1 aromatic heterocycles. The summed E-state index contributed by atoms with van der Waals surface area (Å²) in [5, 5.41) is 15.6. The highest BCUT2D eigenvalue weighted by Crippen LogP contribution is 2.33. The number of aliphatic hydroxyl groups is 1. The monoisotopic (exact) mass is 362 g/mol. The van der Waals surface area contributed by atoms with Gasteiger partial charge >= 0.3 is 0 Å². The Balaban J connectivity index is 2.43. The van der Waals surface area contributed by atoms with Gasteiger partial charge in [0.15, 0.2) is 0 Å². The van der Waals surface area contributed by atoms with E-state index in [1.807, 2.05) is 13.0 Å². The predicted molar refractivity (Wildman–Crippen MR) is 80.7 cm³/mol. The fraction of sp³-hybridized carbons (Fsp3) is 0.308. The Morgan fingerprint density at radius 2 is 2.11 bits per heavy atom. The van der Waals surface area contributed by atoms with Crippen LogP contribution in [0.4, 0.5) is 0 Å². The minimum absolute atomic E-state index is 0.444. The maximum Gasteiger partial charge on any atom is 0.124 e. The molecule has 2 aromatic rings. The third-order valence-corrected chi connectivity index (χ3v) is 3.90. The van der Waals surface area contributed by atoms with Crippen molar-refractivity contribution in [3.8, 4) is 0 Å². The molecule has 0 bridgehead atoms. The number of aromatic nitrogens is 2. The molecule has 0 fully saturated rings. The van der Waals surface area contributed by atoms with Gasteiger partial charge in [-0.1, -0.05) is 52.1 Å². The number of rotatable bonds is 4. The Labute approximate surface area is 130 Å². The maximum absolute atomic E-state index is 10.5. The molecular formula is C13H13BrCl2N2O. The highest BCUT2D eigenvalue weighted by molar-refractivity contribution is 9.10. The normalized spacial score (nSPS) is 12.7. The zero-order valence-electron chi connectivity index (χ0n) is 10.3. The number of aliphatic hydroxyl groups excluding tert-OH is 1. The SMILES string of the molecule is CCCn1ncc(Cl)c1C(O)c1ccc(Br)cc1Cl. The van der Waals surface area contributed by atoms with Gasteiger partial charge in [-0.2, -0.15) is 5.10 Å². The molecule has 19 heavy (non-hydrogen) atoms. The Morgan fingerprint density at radius 3 is 2.74 bits per heavy atom. The molecular weight excluding hydrogens is 351 g/mol. The molecule has 0 aliphatic rings. The Kier molecular flexibility index (Phi) is 4.90. The molecule has 1 N–H and O–H groups in total. The molecule has 1 unspecified atom stereocenters. The third kappa shape index (κ3) is 3.14. The summed E-state index contributed by atoms with van der Waals surface area (Å²) in [7, 11) is 0. The summed E-state index contributed by atoms with van der Waals surface area (Å²) in [6, 6.07) is 5.35. The van der Waals surface area contributed by atoms with Crippen LogP contribution in [0.5, 0.6) is 0 Å². The van der Waals surface area contributed by atoms with Gasteiger partial charge in [0.25, 0.3) is 0 Å². The lowest BCUT2D eigenvalue weighted by Crippen LogP contribution is -2.11. The molecule has 0 amide bonds. The number of halogens is 3. The minimum Gasteiger partial charge on any atom is -0.382 e. The van der Waals surface area contributed by atoms with Gasteiger partial charge in [-0.05, 0) is 18.6 Å². The second kappa shape index (κ2) is 6.27. The number of hydrogen-bond acceptors (Lipinski definition) is 2. The largest absolute Gasteiger partial charge is 0.382 e. The van der Waals surface area contributed by atoms with Crippen LogP contribution in [-0.2, 0) is 6.54 Å². The van der Waals surface area contributed by atoms with Gasteiger partial charge in [-0.25, -0.2) is 0 Å². The first-order chi connectivity index (χ1) is 9.04. The summed E-state index contributed by atoms with van der Waals surface area (Å²) in [5.74, 6) is 0. The van der Waals surface area contributed by atoms with Crippen molar-refractivity contribution in [3.63, 3.8) is 0 Å². The fourth-order valence-electron chi connectivity index (χ4n) is 1.90. The lowest BCUT2D eigenvalue weighted by Gasteiger charge is -2.15. The molecule has 102 valence electrons. The van der Waals surface area contributed by atoms with Crippen molar-refractivity contribution in [2.75, 3.05) is 0 Å². The van der Waals surface area contributed by atoms with Crippen LogP contribution in [0.15, 0.2) is 28.9 Å². The van der Waals surface area contributed by atoms with Crippen LogP contribution in [0.2, 0.25) is 10.0 Å². The molecule has 3 nitrogen and oxygen atoms in total. The number of aryl methyl sites for hydroxylation is 1. The van der Waals surface area contributed by atoms with E-state index < -0.39 is 6.10 Å². The molecule has 0 spiro atoms. The van der Waals surface area contributed by atoms with Crippen LogP contribution in [0.3, 0.4) is 0 Å². The van der Waals surface area contributed by atoms with Crippen molar-refractivity contribution in [1.82, 2.24) is 9.78 Å². The van der Waals surface area contributed by atoms with E-state index >= 15 is 0 Å². The van der Waals surface area contributed by atoms with E-state index in [2.05, 4.69) is 21.0 Å². The standard InChI is InChI=1S/C13H13BrCl2N2O/c1-2-5-18-12(11(16)7-17-18)13(19)9-4-3-8(14)6-10(9)15/h3-4,6-7,13,19H,2,5H2,1H3. The topological polar surface area (TPSA) is 38.0 Å². The molecule has 0 aliphatic carbocycles. The number of benzene rings is 1. The minimum atomic E-state index is -0.887. The Hall–Kier alpha value is -0.550. The van der Waals surface area contributed by atoms with Gasteiger partial charge < -0.3 is 5.11 Å². The summed E-state index contributed by atoms with van der Waals surface area (Å²) < 4.78 is 2.58. The van der Waals surface area contributed by atoms with E-state index in [9.17, 15) is 5.11 Å². The number of hydrogen-bond donors (Lipinski definition) is 1. The second-order valence-electron chi connectivity index (χ2n) is 4.17. The van der Waals surface area contributed by atoms with E-state index in [1.165, 1.54) is 0 Å². The van der Waals surface area contributed by atoms with Crippen molar-refractivity contribution in [3.05, 3.63) is 50.2 Å². The highest BCUT2D eigenvalue weighted by Gasteiger charge is 2.21. The van der Waals surface area contributed by atoms with Gasteiger partial charge in [-0.15, -0.1) is 0 Å². The molecule has 1 heterocycles. The van der Waals surface area contributed by atoms with Crippen LogP contribution in [-0.4, -0.2) is 14.9 Å². The van der Waals surface area contributed by atoms with Gasteiger partial charge in [0.2, 0.25) is 0 Å². The average molecular weight is 364 g/mol. The molecule has 1 aromatic carbocycles. The molecule has 0 saturated carbocycles. The van der Waals surface area contributed by atoms with E-state index in [0.29, 0.717) is 27.8 Å². The zero-order valence-corrected chi connectivity index (χ0v) is 13.4. The quantitative estimate of drug-likeness (QED) is 0.871. The smallest absolute Gasteiger partial charge is 0.124 e. The summed E-state index contributed by atoms with van der Waals surface area (Å²) in [6.45, 7) is 2.74. The van der Waals surface area contributed by atoms with E-state index in [1.54, 1.807) is 23.0 Å². The van der Waals surface area contributed by atoms with Gasteiger partial charge in [0, 0.05) is 21.6 Å².